The number of ether oxygens (including phenoxy) is 3. The Bertz CT molecular complexity index is 836. The molecule has 0 spiro atoms. The predicted octanol–water partition coefficient (Wildman–Crippen LogP) is 2.60. The second kappa shape index (κ2) is 7.95. The maximum Gasteiger partial charge on any atom is 0.414 e. The molecule has 4 atom stereocenters. The van der Waals surface area contributed by atoms with Crippen LogP contribution in [0.3, 0.4) is 0 Å². The maximum atomic E-state index is 12.1. The number of nitrogens with zero attached hydrogens (tertiary/aromatic N) is 2. The molecule has 0 saturated carbocycles. The quantitative estimate of drug-likeness (QED) is 0.319. The van der Waals surface area contributed by atoms with Gasteiger partial charge < -0.3 is 14.2 Å². The number of carbonyl (C=O) groups excluding carboxylic acids is 2. The van der Waals surface area contributed by atoms with Crippen LogP contribution in [-0.2, 0) is 19.0 Å². The largest absolute Gasteiger partial charge is 0.455 e. The Morgan fingerprint density at radius 2 is 2.34 bits per heavy atom. The van der Waals surface area contributed by atoms with Crippen LogP contribution in [0.25, 0.3) is 0 Å². The second-order valence-electron chi connectivity index (χ2n) is 7.84. The number of nitrogens with one attached hydrogen (secondary N) is 1. The van der Waals surface area contributed by atoms with E-state index in [1.54, 1.807) is 0 Å². The van der Waals surface area contributed by atoms with Crippen LogP contribution < -0.4 is 5.32 Å². The fourth-order valence-corrected chi connectivity index (χ4v) is 4.42. The molecule has 4 rings (SSSR count). The number of hydrogen-bond donors (Lipinski definition) is 1. The highest BCUT2D eigenvalue weighted by atomic mass is 32.2. The monoisotopic (exact) mass is 419 g/mol. The van der Waals surface area contributed by atoms with Crippen molar-refractivity contribution in [3.05, 3.63) is 23.8 Å². The van der Waals surface area contributed by atoms with E-state index in [0.29, 0.717) is 25.0 Å². The van der Waals surface area contributed by atoms with E-state index >= 15 is 0 Å². The van der Waals surface area contributed by atoms with Crippen molar-refractivity contribution in [2.24, 2.45) is 15.9 Å². The van der Waals surface area contributed by atoms with Crippen molar-refractivity contribution in [3.8, 4) is 0 Å². The van der Waals surface area contributed by atoms with Crippen LogP contribution in [0.15, 0.2) is 33.8 Å². The number of rotatable bonds is 2. The van der Waals surface area contributed by atoms with Crippen molar-refractivity contribution in [1.29, 1.82) is 0 Å². The molecule has 4 aliphatic rings. The predicted molar refractivity (Wildman–Crippen MR) is 110 cm³/mol. The molecule has 8 nitrogen and oxygen atoms in total. The van der Waals surface area contributed by atoms with Crippen molar-refractivity contribution >= 4 is 34.8 Å². The third-order valence-electron chi connectivity index (χ3n) is 5.87. The summed E-state index contributed by atoms with van der Waals surface area (Å²) in [6.07, 6.45) is 6.15. The van der Waals surface area contributed by atoms with Crippen molar-refractivity contribution in [3.63, 3.8) is 0 Å². The van der Waals surface area contributed by atoms with Gasteiger partial charge in [-0.15, -0.1) is 11.8 Å². The Morgan fingerprint density at radius 3 is 3.10 bits per heavy atom. The number of hydrogen-bond acceptors (Lipinski definition) is 8. The molecule has 0 aromatic heterocycles. The fraction of sp³-hybridized carbons (Fsp3) is 0.600. The molecule has 3 heterocycles. The summed E-state index contributed by atoms with van der Waals surface area (Å²) in [7, 11) is 0. The number of epoxide rings is 1. The third kappa shape index (κ3) is 4.25. The number of alkyl carbamates (subject to hydrolysis) is 1. The summed E-state index contributed by atoms with van der Waals surface area (Å²) in [5, 5.41) is 3.42. The van der Waals surface area contributed by atoms with Crippen LogP contribution in [-0.4, -0.2) is 60.3 Å². The lowest BCUT2D eigenvalue weighted by Crippen LogP contribution is -2.30. The molecule has 2 saturated heterocycles. The Labute approximate surface area is 173 Å². The minimum atomic E-state index is -0.577. The average molecular weight is 420 g/mol. The van der Waals surface area contributed by atoms with Gasteiger partial charge in [-0.3, -0.25) is 5.32 Å². The zero-order valence-corrected chi connectivity index (χ0v) is 17.4. The maximum absolute atomic E-state index is 12.1. The van der Waals surface area contributed by atoms with E-state index in [4.69, 9.17) is 14.2 Å². The minimum Gasteiger partial charge on any atom is -0.455 e. The Kier molecular flexibility index (Phi) is 5.52. The summed E-state index contributed by atoms with van der Waals surface area (Å²) < 4.78 is 16.8. The lowest BCUT2D eigenvalue weighted by Gasteiger charge is -2.20. The Hall–Kier alpha value is -2.13. The molecule has 29 heavy (non-hydrogen) atoms. The average Bonchev–Trinajstić information content (AvgIpc) is 3.01. The van der Waals surface area contributed by atoms with Crippen LogP contribution in [0.1, 0.15) is 32.6 Å². The second-order valence-corrected chi connectivity index (χ2v) is 8.72. The van der Waals surface area contributed by atoms with Crippen LogP contribution in [0, 0.1) is 5.92 Å². The molecule has 9 heteroatoms. The normalized spacial score (nSPS) is 35.4. The lowest BCUT2D eigenvalue weighted by atomic mass is 9.84. The number of allylic oxidation sites excluding steroid dienone is 1. The molecule has 156 valence electrons. The number of fused-ring (bicyclic) bond motifs is 3. The molecule has 0 unspecified atom stereocenters. The van der Waals surface area contributed by atoms with Gasteiger partial charge in [-0.1, -0.05) is 12.7 Å². The third-order valence-corrected chi connectivity index (χ3v) is 6.56. The number of thioether (sulfide) groups is 1. The van der Waals surface area contributed by atoms with E-state index in [0.717, 1.165) is 23.5 Å². The highest BCUT2D eigenvalue weighted by molar-refractivity contribution is 8.13. The van der Waals surface area contributed by atoms with Crippen molar-refractivity contribution in [2.75, 3.05) is 19.4 Å². The van der Waals surface area contributed by atoms with Crippen LogP contribution in [0.5, 0.6) is 0 Å². The van der Waals surface area contributed by atoms with Gasteiger partial charge in [-0.2, -0.15) is 0 Å². The standard InChI is InChI=1S/C20H25N3O5S/c1-11-13-7-6-12(10-26-19(25)23-18-21-9-14(22-18)29-3)5-4-8-20(2)16(28-20)15(13)27-17(11)24/h5,13,15-16H,1,4,6-10H2,2-3H3,(H,21,23,25)/b12-5+/t13-,15-,16-,20+/m0/s1. The number of guanidine groups is 1. The lowest BCUT2D eigenvalue weighted by molar-refractivity contribution is -0.140. The van der Waals surface area contributed by atoms with Gasteiger partial charge in [0.25, 0.3) is 0 Å². The number of carbonyl (C=O) groups is 2. The molecule has 0 bridgehead atoms. The molecule has 1 amide bonds. The topological polar surface area (TPSA) is 102 Å². The summed E-state index contributed by atoms with van der Waals surface area (Å²) in [6.45, 7) is 6.63. The molecule has 1 N–H and O–H groups in total. The molecule has 2 fully saturated rings. The number of esters is 1. The zero-order valence-electron chi connectivity index (χ0n) is 16.6. The first-order valence-electron chi connectivity index (χ1n) is 9.75. The smallest absolute Gasteiger partial charge is 0.414 e. The molecular weight excluding hydrogens is 394 g/mol. The number of aliphatic imine (C=N–C) groups is 2. The van der Waals surface area contributed by atoms with Gasteiger partial charge in [0.05, 0.1) is 17.2 Å². The van der Waals surface area contributed by atoms with Crippen molar-refractivity contribution in [2.45, 2.75) is 50.4 Å². The van der Waals surface area contributed by atoms with Gasteiger partial charge >= 0.3 is 12.1 Å². The first kappa shape index (κ1) is 20.2. The SMILES string of the molecule is C=C1C(=O)O[C@H]2[C@H]1CC/C(COC(=O)NC1=NCC(SC)=N1)=C\CC[C@@]1(C)O[C@@H]21. The molecule has 1 aliphatic carbocycles. The van der Waals surface area contributed by atoms with E-state index in [2.05, 4.69) is 28.0 Å². The van der Waals surface area contributed by atoms with E-state index in [1.807, 2.05) is 13.2 Å². The molecule has 3 aliphatic heterocycles. The highest BCUT2D eigenvalue weighted by Crippen LogP contribution is 2.49. The summed E-state index contributed by atoms with van der Waals surface area (Å²) in [5.74, 6) is -0.123. The van der Waals surface area contributed by atoms with Gasteiger partial charge in [-0.25, -0.2) is 19.6 Å². The Morgan fingerprint density at radius 1 is 1.52 bits per heavy atom. The number of amides is 1. The minimum absolute atomic E-state index is 0.0633. The van der Waals surface area contributed by atoms with Gasteiger partial charge in [-0.05, 0) is 44.4 Å². The van der Waals surface area contributed by atoms with Crippen molar-refractivity contribution < 1.29 is 23.8 Å². The summed E-state index contributed by atoms with van der Waals surface area (Å²) >= 11 is 1.50. The Balaban J connectivity index is 1.36. The summed E-state index contributed by atoms with van der Waals surface area (Å²) in [6, 6.07) is 0. The first-order valence-corrected chi connectivity index (χ1v) is 11.0. The van der Waals surface area contributed by atoms with E-state index in [9.17, 15) is 9.59 Å². The highest BCUT2D eigenvalue weighted by Gasteiger charge is 2.61. The summed E-state index contributed by atoms with van der Waals surface area (Å²) in [5.41, 5.74) is 1.24. The van der Waals surface area contributed by atoms with E-state index < -0.39 is 6.09 Å². The molecule has 0 aromatic rings. The molecule has 0 aromatic carbocycles. The molecule has 0 radical (unpaired) electrons. The van der Waals surface area contributed by atoms with E-state index in [1.165, 1.54) is 11.8 Å². The zero-order chi connectivity index (χ0) is 20.6. The van der Waals surface area contributed by atoms with Crippen LogP contribution in [0.2, 0.25) is 0 Å². The van der Waals surface area contributed by atoms with Crippen molar-refractivity contribution in [1.82, 2.24) is 5.32 Å². The van der Waals surface area contributed by atoms with Gasteiger partial charge in [0, 0.05) is 11.5 Å². The van der Waals surface area contributed by atoms with Gasteiger partial charge in [0.2, 0.25) is 5.96 Å². The van der Waals surface area contributed by atoms with Gasteiger partial charge in [0.1, 0.15) is 18.8 Å². The first-order chi connectivity index (χ1) is 13.9. The molecular formula is C20H25N3O5S. The van der Waals surface area contributed by atoms with E-state index in [-0.39, 0.29) is 42.3 Å². The van der Waals surface area contributed by atoms with Crippen LogP contribution in [0.4, 0.5) is 4.79 Å². The summed E-state index contributed by atoms with van der Waals surface area (Å²) in [4.78, 5) is 32.4. The van der Waals surface area contributed by atoms with Crippen LogP contribution >= 0.6 is 11.8 Å². The van der Waals surface area contributed by atoms with Gasteiger partial charge in [0.15, 0.2) is 0 Å². The fourth-order valence-electron chi connectivity index (χ4n) is 4.05.